The van der Waals surface area contributed by atoms with E-state index in [1.807, 2.05) is 41.5 Å². The topological polar surface area (TPSA) is 154 Å². The molecule has 0 aromatic rings. The van der Waals surface area contributed by atoms with Crippen molar-refractivity contribution in [1.29, 1.82) is 0 Å². The quantitative estimate of drug-likeness (QED) is 0.328. The molecule has 2 unspecified atom stereocenters. The van der Waals surface area contributed by atoms with Gasteiger partial charge in [0.2, 0.25) is 17.6 Å². The maximum Gasteiger partial charge on any atom is 0.315 e. The van der Waals surface area contributed by atoms with Gasteiger partial charge in [-0.15, -0.1) is 0 Å². The first-order valence-corrected chi connectivity index (χ1v) is 14.6. The molecule has 2 aliphatic carbocycles. The van der Waals surface area contributed by atoms with Crippen LogP contribution in [0, 0.1) is 16.7 Å². The van der Waals surface area contributed by atoms with E-state index >= 15 is 0 Å². The highest BCUT2D eigenvalue weighted by Crippen LogP contribution is 2.66. The predicted molar refractivity (Wildman–Crippen MR) is 150 cm³/mol. The van der Waals surface area contributed by atoms with Crippen LogP contribution in [0.15, 0.2) is 0 Å². The van der Waals surface area contributed by atoms with Crippen molar-refractivity contribution >= 4 is 29.5 Å². The molecule has 2 aliphatic heterocycles. The van der Waals surface area contributed by atoms with Crippen molar-refractivity contribution in [3.63, 3.8) is 0 Å². The smallest absolute Gasteiger partial charge is 0.315 e. The van der Waals surface area contributed by atoms with Crippen LogP contribution in [0.5, 0.6) is 0 Å². The predicted octanol–water partition coefficient (Wildman–Crippen LogP) is 1.29. The summed E-state index contributed by atoms with van der Waals surface area (Å²) in [5.74, 6) is -2.38. The van der Waals surface area contributed by atoms with Gasteiger partial charge in [-0.05, 0) is 64.8 Å². The van der Waals surface area contributed by atoms with Crippen molar-refractivity contribution in [2.45, 2.75) is 116 Å². The van der Waals surface area contributed by atoms with Crippen molar-refractivity contribution in [3.05, 3.63) is 0 Å². The van der Waals surface area contributed by atoms with E-state index in [4.69, 9.17) is 5.73 Å². The fourth-order valence-electron chi connectivity index (χ4n) is 7.05. The van der Waals surface area contributed by atoms with Gasteiger partial charge >= 0.3 is 6.03 Å². The van der Waals surface area contributed by atoms with Crippen molar-refractivity contribution < 1.29 is 24.0 Å². The average Bonchev–Trinajstić information content (AvgIpc) is 3.55. The number of nitrogens with one attached hydrogen (secondary N) is 3. The number of Topliss-reactive ketones (excluding diaryl/α,β-unsaturated/α-hetero) is 1. The second-order valence-corrected chi connectivity index (χ2v) is 14.8. The number of nitrogens with two attached hydrogens (primary N) is 1. The molecule has 11 nitrogen and oxygen atoms in total. The molecule has 224 valence electrons. The maximum absolute atomic E-state index is 14.3. The number of hydrogen-bond donors (Lipinski definition) is 4. The lowest BCUT2D eigenvalue weighted by Crippen LogP contribution is -2.66. The van der Waals surface area contributed by atoms with Crippen LogP contribution in [-0.4, -0.2) is 88.7 Å². The Morgan fingerprint density at radius 2 is 1.60 bits per heavy atom. The SMILES string of the molecule is CN1CC2(C[C@@H](C(=O)NC(CC3CCC3)C(=O)C(N)=O)N(C(=O)[C@@H](NC(=O)NC(C)(C)C)C(C)(C)C)C2)C12CC2. The Balaban J connectivity index is 1.60. The fraction of sp³-hybridized carbons (Fsp3) is 0.828. The Morgan fingerprint density at radius 3 is 2.05 bits per heavy atom. The van der Waals surface area contributed by atoms with Crippen LogP contribution in [0.1, 0.15) is 86.5 Å². The second kappa shape index (κ2) is 10.3. The highest BCUT2D eigenvalue weighted by molar-refractivity contribution is 6.37. The Bertz CT molecular complexity index is 1070. The lowest BCUT2D eigenvalue weighted by molar-refractivity contribution is -0.144. The van der Waals surface area contributed by atoms with E-state index in [9.17, 15) is 24.0 Å². The van der Waals surface area contributed by atoms with E-state index in [1.165, 1.54) is 0 Å². The molecule has 5 N–H and O–H groups in total. The normalized spacial score (nSPS) is 27.4. The van der Waals surface area contributed by atoms with E-state index in [-0.39, 0.29) is 22.8 Å². The Labute approximate surface area is 237 Å². The first-order chi connectivity index (χ1) is 18.4. The maximum atomic E-state index is 14.3. The molecule has 5 amide bonds. The van der Waals surface area contributed by atoms with Gasteiger partial charge < -0.3 is 26.6 Å². The molecule has 2 saturated carbocycles. The van der Waals surface area contributed by atoms with Gasteiger partial charge in [0.25, 0.3) is 5.91 Å². The fourth-order valence-corrected chi connectivity index (χ4v) is 7.05. The molecule has 2 saturated heterocycles. The summed E-state index contributed by atoms with van der Waals surface area (Å²) < 4.78 is 0. The molecule has 4 fully saturated rings. The summed E-state index contributed by atoms with van der Waals surface area (Å²) in [5, 5.41) is 8.56. The Hall–Kier alpha value is -2.69. The van der Waals surface area contributed by atoms with Crippen LogP contribution in [0.4, 0.5) is 4.79 Å². The molecule has 0 aromatic carbocycles. The molecule has 0 bridgehead atoms. The van der Waals surface area contributed by atoms with E-state index in [0.717, 1.165) is 38.6 Å². The number of fused-ring (bicyclic) bond motifs is 1. The number of urea groups is 1. The number of carbonyl (C=O) groups excluding carboxylic acids is 5. The van der Waals surface area contributed by atoms with Crippen LogP contribution in [0.3, 0.4) is 0 Å². The Kier molecular flexibility index (Phi) is 7.79. The second-order valence-electron chi connectivity index (χ2n) is 14.8. The number of carbonyl (C=O) groups is 5. The molecular formula is C29H48N6O5. The third kappa shape index (κ3) is 5.71. The van der Waals surface area contributed by atoms with Gasteiger partial charge in [-0.1, -0.05) is 40.0 Å². The van der Waals surface area contributed by atoms with E-state index < -0.39 is 52.7 Å². The summed E-state index contributed by atoms with van der Waals surface area (Å²) in [6.45, 7) is 12.4. The van der Waals surface area contributed by atoms with Gasteiger partial charge in [0.05, 0.1) is 6.04 Å². The first-order valence-electron chi connectivity index (χ1n) is 14.6. The van der Waals surface area contributed by atoms with Crippen LogP contribution in [-0.2, 0) is 19.2 Å². The Morgan fingerprint density at radius 1 is 0.975 bits per heavy atom. The third-order valence-electron chi connectivity index (χ3n) is 9.55. The van der Waals surface area contributed by atoms with Crippen molar-refractivity contribution in [2.24, 2.45) is 22.5 Å². The average molecular weight is 561 g/mol. The molecule has 4 rings (SSSR count). The molecule has 2 heterocycles. The highest BCUT2D eigenvalue weighted by Gasteiger charge is 2.73. The number of hydrogen-bond acceptors (Lipinski definition) is 6. The van der Waals surface area contributed by atoms with E-state index in [2.05, 4.69) is 27.9 Å². The minimum absolute atomic E-state index is 0.0246. The van der Waals surface area contributed by atoms with Crippen LogP contribution < -0.4 is 21.7 Å². The number of primary amides is 1. The lowest BCUT2D eigenvalue weighted by Gasteiger charge is -2.56. The number of nitrogens with zero attached hydrogens (tertiary/aromatic N) is 2. The zero-order chi connectivity index (χ0) is 29.8. The molecule has 0 radical (unpaired) electrons. The molecule has 4 atom stereocenters. The summed E-state index contributed by atoms with van der Waals surface area (Å²) in [6.07, 6.45) is 5.81. The zero-order valence-corrected chi connectivity index (χ0v) is 25.2. The molecule has 0 aromatic heterocycles. The zero-order valence-electron chi connectivity index (χ0n) is 25.2. The number of likely N-dealkylation sites (tertiary alicyclic amines) is 2. The van der Waals surface area contributed by atoms with Crippen molar-refractivity contribution in [1.82, 2.24) is 25.8 Å². The highest BCUT2D eigenvalue weighted by atomic mass is 16.2. The number of ketones is 1. The van der Waals surface area contributed by atoms with Crippen LogP contribution in [0.25, 0.3) is 0 Å². The minimum Gasteiger partial charge on any atom is -0.363 e. The standard InChI is InChI=1S/C29H48N6O5/c1-26(2,3)21(32-25(40)33-27(4,5)6)24(39)35-16-28(15-34(7)29(28)11-12-29)14-19(35)23(38)31-18(20(36)22(30)37)13-17-9-8-10-17/h17-19,21H,8-16H2,1-7H3,(H2,30,37)(H,31,38)(H2,32,33,40)/t18?,19-,21+,28?/m0/s1. The largest absolute Gasteiger partial charge is 0.363 e. The molecule has 11 heteroatoms. The van der Waals surface area contributed by atoms with Crippen molar-refractivity contribution in [2.75, 3.05) is 20.1 Å². The van der Waals surface area contributed by atoms with Gasteiger partial charge in [0.15, 0.2) is 0 Å². The summed E-state index contributed by atoms with van der Waals surface area (Å²) >= 11 is 0. The first kappa shape index (κ1) is 30.3. The minimum atomic E-state index is -1.07. The third-order valence-corrected chi connectivity index (χ3v) is 9.55. The summed E-state index contributed by atoms with van der Waals surface area (Å²) in [7, 11) is 2.08. The molecular weight excluding hydrogens is 512 g/mol. The van der Waals surface area contributed by atoms with Gasteiger partial charge in [0.1, 0.15) is 12.1 Å². The van der Waals surface area contributed by atoms with Gasteiger partial charge in [-0.2, -0.15) is 0 Å². The number of rotatable bonds is 8. The van der Waals surface area contributed by atoms with E-state index in [0.29, 0.717) is 19.4 Å². The van der Waals surface area contributed by atoms with Crippen LogP contribution >= 0.6 is 0 Å². The van der Waals surface area contributed by atoms with Gasteiger partial charge in [-0.25, -0.2) is 4.79 Å². The van der Waals surface area contributed by atoms with Crippen molar-refractivity contribution in [3.8, 4) is 0 Å². The van der Waals surface area contributed by atoms with Gasteiger partial charge in [-0.3, -0.25) is 24.1 Å². The summed E-state index contributed by atoms with van der Waals surface area (Å²) in [4.78, 5) is 69.4. The molecule has 4 aliphatic rings. The van der Waals surface area contributed by atoms with Crippen LogP contribution in [0.2, 0.25) is 0 Å². The number of amides is 5. The summed E-state index contributed by atoms with van der Waals surface area (Å²) in [6, 6.07) is -3.16. The van der Waals surface area contributed by atoms with Gasteiger partial charge in [0, 0.05) is 29.6 Å². The molecule has 40 heavy (non-hydrogen) atoms. The molecule has 2 spiro atoms. The van der Waals surface area contributed by atoms with E-state index in [1.54, 1.807) is 4.90 Å². The lowest BCUT2D eigenvalue weighted by atomic mass is 9.67. The summed E-state index contributed by atoms with van der Waals surface area (Å²) in [5.41, 5.74) is 3.95. The monoisotopic (exact) mass is 560 g/mol.